The van der Waals surface area contributed by atoms with Gasteiger partial charge in [-0.1, -0.05) is 25.4 Å². The zero-order valence-electron chi connectivity index (χ0n) is 9.20. The van der Waals surface area contributed by atoms with Gasteiger partial charge in [-0.2, -0.15) is 0 Å². The Morgan fingerprint density at radius 1 is 1.50 bits per heavy atom. The van der Waals surface area contributed by atoms with Crippen LogP contribution in [0.2, 0.25) is 5.15 Å². The molecule has 2 aromatic heterocycles. The fourth-order valence-corrected chi connectivity index (χ4v) is 1.99. The van der Waals surface area contributed by atoms with Crippen LogP contribution in [0.4, 0.5) is 0 Å². The molecule has 0 aliphatic heterocycles. The molecule has 6 heteroatoms. The van der Waals surface area contributed by atoms with Gasteiger partial charge in [-0.25, -0.2) is 14.8 Å². The van der Waals surface area contributed by atoms with Gasteiger partial charge in [-0.15, -0.1) is 0 Å². The SMILES string of the molecule is CCC(CC)n1c(=O)[nH]c2ncc(Cl)nc21. The highest BCUT2D eigenvalue weighted by Crippen LogP contribution is 2.18. The van der Waals surface area contributed by atoms with Crippen LogP contribution < -0.4 is 5.69 Å². The van der Waals surface area contributed by atoms with Crippen LogP contribution in [0.1, 0.15) is 32.7 Å². The summed E-state index contributed by atoms with van der Waals surface area (Å²) < 4.78 is 1.63. The lowest BCUT2D eigenvalue weighted by atomic mass is 10.2. The normalized spacial score (nSPS) is 11.5. The van der Waals surface area contributed by atoms with E-state index in [1.165, 1.54) is 6.20 Å². The summed E-state index contributed by atoms with van der Waals surface area (Å²) in [5.41, 5.74) is 0.846. The molecule has 0 radical (unpaired) electrons. The number of nitrogens with one attached hydrogen (secondary N) is 1. The fourth-order valence-electron chi connectivity index (χ4n) is 1.86. The standard InChI is InChI=1S/C10H13ClN4O/c1-3-6(4-2)15-9-8(14-10(15)16)12-5-7(11)13-9/h5-6H,3-4H2,1-2H3,(H,12,14,16). The average molecular weight is 241 g/mol. The highest BCUT2D eigenvalue weighted by Gasteiger charge is 2.15. The van der Waals surface area contributed by atoms with Crippen molar-refractivity contribution in [3.8, 4) is 0 Å². The minimum atomic E-state index is -0.175. The van der Waals surface area contributed by atoms with E-state index in [1.54, 1.807) is 4.57 Å². The molecule has 0 amide bonds. The van der Waals surface area contributed by atoms with Gasteiger partial charge in [-0.05, 0) is 12.8 Å². The predicted octanol–water partition coefficient (Wildman–Crippen LogP) is 2.13. The van der Waals surface area contributed by atoms with Crippen molar-refractivity contribution in [1.82, 2.24) is 19.5 Å². The molecular formula is C10H13ClN4O. The molecule has 0 saturated carbocycles. The number of aromatic nitrogens is 4. The number of hydrogen-bond donors (Lipinski definition) is 1. The number of rotatable bonds is 3. The van der Waals surface area contributed by atoms with Crippen LogP contribution >= 0.6 is 11.6 Å². The quantitative estimate of drug-likeness (QED) is 0.894. The van der Waals surface area contributed by atoms with Gasteiger partial charge in [0, 0.05) is 6.04 Å². The highest BCUT2D eigenvalue weighted by molar-refractivity contribution is 6.29. The van der Waals surface area contributed by atoms with Crippen molar-refractivity contribution in [1.29, 1.82) is 0 Å². The number of halogens is 1. The van der Waals surface area contributed by atoms with Gasteiger partial charge < -0.3 is 0 Å². The van der Waals surface area contributed by atoms with E-state index in [9.17, 15) is 4.79 Å². The second-order valence-corrected chi connectivity index (χ2v) is 4.02. The molecule has 0 aliphatic carbocycles. The summed E-state index contributed by atoms with van der Waals surface area (Å²) in [6.45, 7) is 4.08. The molecular weight excluding hydrogens is 228 g/mol. The molecule has 0 saturated heterocycles. The molecule has 5 nitrogen and oxygen atoms in total. The maximum absolute atomic E-state index is 11.8. The molecule has 0 bridgehead atoms. The minimum absolute atomic E-state index is 0.133. The van der Waals surface area contributed by atoms with Gasteiger partial charge in [0.1, 0.15) is 5.15 Å². The Labute approximate surface area is 97.5 Å². The fraction of sp³-hybridized carbons (Fsp3) is 0.500. The van der Waals surface area contributed by atoms with E-state index in [0.717, 1.165) is 12.8 Å². The summed E-state index contributed by atoms with van der Waals surface area (Å²) in [6.07, 6.45) is 3.17. The Morgan fingerprint density at radius 2 is 2.19 bits per heavy atom. The largest absolute Gasteiger partial charge is 0.329 e. The number of hydrogen-bond acceptors (Lipinski definition) is 3. The first kappa shape index (κ1) is 11.1. The third kappa shape index (κ3) is 1.71. The zero-order valence-corrected chi connectivity index (χ0v) is 9.95. The molecule has 0 fully saturated rings. The van der Waals surface area contributed by atoms with Crippen LogP contribution in [-0.4, -0.2) is 19.5 Å². The van der Waals surface area contributed by atoms with Crippen LogP contribution in [0.25, 0.3) is 11.3 Å². The second-order valence-electron chi connectivity index (χ2n) is 3.64. The summed E-state index contributed by atoms with van der Waals surface area (Å²) in [6, 6.07) is 0.133. The van der Waals surface area contributed by atoms with Crippen molar-refractivity contribution in [3.63, 3.8) is 0 Å². The number of fused-ring (bicyclic) bond motifs is 1. The number of H-pyrrole nitrogens is 1. The lowest BCUT2D eigenvalue weighted by Gasteiger charge is -2.13. The molecule has 2 rings (SSSR count). The third-order valence-electron chi connectivity index (χ3n) is 2.70. The van der Waals surface area contributed by atoms with Crippen LogP contribution in [0.15, 0.2) is 11.0 Å². The van der Waals surface area contributed by atoms with Crippen LogP contribution in [0.5, 0.6) is 0 Å². The van der Waals surface area contributed by atoms with E-state index in [-0.39, 0.29) is 11.7 Å². The average Bonchev–Trinajstić information content (AvgIpc) is 2.58. The van der Waals surface area contributed by atoms with Gasteiger partial charge in [0.05, 0.1) is 6.20 Å². The third-order valence-corrected chi connectivity index (χ3v) is 2.89. The van der Waals surface area contributed by atoms with Crippen molar-refractivity contribution in [2.24, 2.45) is 0 Å². The molecule has 86 valence electrons. The summed E-state index contributed by atoms with van der Waals surface area (Å²) in [5, 5.41) is 0.297. The molecule has 2 aromatic rings. The first-order valence-corrected chi connectivity index (χ1v) is 5.67. The van der Waals surface area contributed by atoms with Gasteiger partial charge >= 0.3 is 5.69 Å². The molecule has 0 unspecified atom stereocenters. The van der Waals surface area contributed by atoms with Crippen LogP contribution in [-0.2, 0) is 0 Å². The number of imidazole rings is 1. The Hall–Kier alpha value is -1.36. The Morgan fingerprint density at radius 3 is 2.81 bits per heavy atom. The van der Waals surface area contributed by atoms with E-state index in [2.05, 4.69) is 15.0 Å². The molecule has 2 heterocycles. The van der Waals surface area contributed by atoms with Gasteiger partial charge in [0.2, 0.25) is 0 Å². The minimum Gasteiger partial charge on any atom is -0.289 e. The molecule has 1 N–H and O–H groups in total. The Bertz CT molecular complexity index is 555. The van der Waals surface area contributed by atoms with Gasteiger partial charge in [0.25, 0.3) is 0 Å². The first-order valence-electron chi connectivity index (χ1n) is 5.30. The van der Waals surface area contributed by atoms with Crippen molar-refractivity contribution >= 4 is 22.9 Å². The molecule has 0 aromatic carbocycles. The number of aromatic amines is 1. The molecule has 0 aliphatic rings. The molecule has 16 heavy (non-hydrogen) atoms. The summed E-state index contributed by atoms with van der Waals surface area (Å²) in [7, 11) is 0. The van der Waals surface area contributed by atoms with Crippen molar-refractivity contribution in [2.75, 3.05) is 0 Å². The highest BCUT2D eigenvalue weighted by atomic mass is 35.5. The maximum atomic E-state index is 11.8. The van der Waals surface area contributed by atoms with Crippen LogP contribution in [0.3, 0.4) is 0 Å². The van der Waals surface area contributed by atoms with Crippen LogP contribution in [0, 0.1) is 0 Å². The van der Waals surface area contributed by atoms with Gasteiger partial charge in [0.15, 0.2) is 11.3 Å². The summed E-state index contributed by atoms with van der Waals surface area (Å²) in [4.78, 5) is 22.7. The van der Waals surface area contributed by atoms with Gasteiger partial charge in [-0.3, -0.25) is 9.55 Å². The summed E-state index contributed by atoms with van der Waals surface area (Å²) >= 11 is 5.79. The second kappa shape index (κ2) is 4.25. The van der Waals surface area contributed by atoms with E-state index in [0.29, 0.717) is 16.4 Å². The van der Waals surface area contributed by atoms with E-state index in [1.807, 2.05) is 13.8 Å². The lowest BCUT2D eigenvalue weighted by Crippen LogP contribution is -2.21. The van der Waals surface area contributed by atoms with Crippen molar-refractivity contribution < 1.29 is 0 Å². The predicted molar refractivity (Wildman–Crippen MR) is 62.8 cm³/mol. The lowest BCUT2D eigenvalue weighted by molar-refractivity contribution is 0.469. The first-order chi connectivity index (χ1) is 7.67. The Balaban J connectivity index is 2.71. The topological polar surface area (TPSA) is 63.6 Å². The van der Waals surface area contributed by atoms with E-state index < -0.39 is 0 Å². The molecule has 0 atom stereocenters. The zero-order chi connectivity index (χ0) is 11.7. The Kier molecular flexibility index (Phi) is 2.96. The summed E-state index contributed by atoms with van der Waals surface area (Å²) in [5.74, 6) is 0. The monoisotopic (exact) mass is 240 g/mol. The number of nitrogens with zero attached hydrogens (tertiary/aromatic N) is 3. The maximum Gasteiger partial charge on any atom is 0.329 e. The molecule has 0 spiro atoms. The smallest absolute Gasteiger partial charge is 0.289 e. The van der Waals surface area contributed by atoms with E-state index in [4.69, 9.17) is 11.6 Å². The van der Waals surface area contributed by atoms with Crippen molar-refractivity contribution in [3.05, 3.63) is 21.8 Å². The van der Waals surface area contributed by atoms with E-state index >= 15 is 0 Å². The van der Waals surface area contributed by atoms with Crippen molar-refractivity contribution in [2.45, 2.75) is 32.7 Å².